The first kappa shape index (κ1) is 11.2. The van der Waals surface area contributed by atoms with Crippen molar-refractivity contribution >= 4 is 11.1 Å². The van der Waals surface area contributed by atoms with Crippen LogP contribution in [0, 0.1) is 17.1 Å². The van der Waals surface area contributed by atoms with Crippen LogP contribution in [0.1, 0.15) is 18.1 Å². The van der Waals surface area contributed by atoms with Gasteiger partial charge in [0.2, 0.25) is 0 Å². The van der Waals surface area contributed by atoms with E-state index in [-0.39, 0.29) is 5.95 Å². The summed E-state index contributed by atoms with van der Waals surface area (Å²) in [5, 5.41) is 18.6. The van der Waals surface area contributed by atoms with E-state index in [2.05, 4.69) is 0 Å². The number of halogens is 1. The highest BCUT2D eigenvalue weighted by atomic mass is 19.1. The van der Waals surface area contributed by atoms with Gasteiger partial charge in [0.05, 0.1) is 23.8 Å². The number of aliphatic hydroxyl groups excluding tert-OH is 1. The van der Waals surface area contributed by atoms with Gasteiger partial charge in [-0.1, -0.05) is 6.07 Å². The molecule has 1 aromatic carbocycles. The minimum atomic E-state index is -0.418. The van der Waals surface area contributed by atoms with Gasteiger partial charge in [0.15, 0.2) is 0 Å². The fourth-order valence-corrected chi connectivity index (χ4v) is 1.76. The number of benzene rings is 1. The van der Waals surface area contributed by atoms with Crippen molar-refractivity contribution in [2.75, 3.05) is 6.61 Å². The van der Waals surface area contributed by atoms with Gasteiger partial charge >= 0.3 is 0 Å². The lowest BCUT2D eigenvalue weighted by molar-refractivity contribution is 0.105. The Morgan fingerprint density at radius 3 is 2.88 bits per heavy atom. The maximum Gasteiger partial charge on any atom is 0.284 e. The number of hydrogen-bond donors (Lipinski definition) is 1. The predicted octanol–water partition coefficient (Wildman–Crippen LogP) is 3.01. The predicted molar refractivity (Wildman–Crippen MR) is 61.2 cm³/mol. The number of hydrogen-bond acceptors (Lipinski definition) is 3. The molecule has 0 saturated carbocycles. The van der Waals surface area contributed by atoms with E-state index in [9.17, 15) is 9.50 Å². The Labute approximate surface area is 98.1 Å². The molecule has 2 rings (SSSR count). The molecule has 0 aliphatic heterocycles. The molecule has 86 valence electrons. The number of nitriles is 1. The molecule has 0 fully saturated rings. The number of nitrogens with zero attached hydrogens (tertiary/aromatic N) is 1. The Bertz CT molecular complexity index is 567. The second-order valence-electron chi connectivity index (χ2n) is 3.51. The van der Waals surface area contributed by atoms with Crippen molar-refractivity contribution in [2.45, 2.75) is 6.92 Å². The summed E-state index contributed by atoms with van der Waals surface area (Å²) in [6.45, 7) is 2.03. The van der Waals surface area contributed by atoms with E-state index < -0.39 is 5.82 Å². The summed E-state index contributed by atoms with van der Waals surface area (Å²) in [5.74, 6) is -0.706. The molecule has 0 saturated heterocycles. The highest BCUT2D eigenvalue weighted by molar-refractivity contribution is 6.00. The lowest BCUT2D eigenvalue weighted by atomic mass is 10.0. The fraction of sp³-hybridized carbons (Fsp3) is 0.154. The quantitative estimate of drug-likeness (QED) is 0.796. The molecule has 0 radical (unpaired) electrons. The van der Waals surface area contributed by atoms with E-state index in [1.807, 2.05) is 6.07 Å². The number of fused-ring (bicyclic) bond motifs is 1. The zero-order chi connectivity index (χ0) is 12.4. The molecule has 3 nitrogen and oxygen atoms in total. The first-order valence-electron chi connectivity index (χ1n) is 5.15. The third-order valence-electron chi connectivity index (χ3n) is 2.48. The second-order valence-corrected chi connectivity index (χ2v) is 3.51. The van der Waals surface area contributed by atoms with Crippen LogP contribution in [0.15, 0.2) is 30.2 Å². The minimum absolute atomic E-state index is 0.287. The Morgan fingerprint density at radius 2 is 2.24 bits per heavy atom. The molecule has 0 bridgehead atoms. The largest absolute Gasteiger partial charge is 0.481 e. The molecule has 1 N–H and O–H groups in total. The standard InChI is InChI=1S/C13H10FNO2/c1-2-17-13(16)12-5-8(7-15)10-4-3-9(14)6-11(10)12/h3-6,16H,2H2,1H3/b13-12-. The van der Waals surface area contributed by atoms with Gasteiger partial charge in [0.25, 0.3) is 5.95 Å². The summed E-state index contributed by atoms with van der Waals surface area (Å²) >= 11 is 0. The molecule has 0 amide bonds. The smallest absolute Gasteiger partial charge is 0.284 e. The maximum atomic E-state index is 13.2. The Hall–Kier alpha value is -2.28. The highest BCUT2D eigenvalue weighted by Gasteiger charge is 2.22. The van der Waals surface area contributed by atoms with E-state index in [1.165, 1.54) is 24.3 Å². The summed E-state index contributed by atoms with van der Waals surface area (Å²) in [5.41, 5.74) is 1.82. The van der Waals surface area contributed by atoms with Crippen molar-refractivity contribution in [2.24, 2.45) is 0 Å². The molecule has 1 aromatic rings. The molecule has 0 unspecified atom stereocenters. The van der Waals surface area contributed by atoms with Gasteiger partial charge in [0, 0.05) is 11.1 Å². The molecule has 17 heavy (non-hydrogen) atoms. The Kier molecular flexibility index (Phi) is 2.84. The first-order valence-corrected chi connectivity index (χ1v) is 5.15. The van der Waals surface area contributed by atoms with Gasteiger partial charge < -0.3 is 9.84 Å². The normalized spacial score (nSPS) is 15.9. The third-order valence-corrected chi connectivity index (χ3v) is 2.48. The van der Waals surface area contributed by atoms with Crippen molar-refractivity contribution in [1.29, 1.82) is 5.26 Å². The highest BCUT2D eigenvalue weighted by Crippen LogP contribution is 2.36. The van der Waals surface area contributed by atoms with Crippen molar-refractivity contribution in [3.63, 3.8) is 0 Å². The van der Waals surface area contributed by atoms with Crippen LogP contribution in [0.3, 0.4) is 0 Å². The maximum absolute atomic E-state index is 13.2. The molecule has 0 heterocycles. The topological polar surface area (TPSA) is 53.2 Å². The average Bonchev–Trinajstić information content (AvgIpc) is 2.67. The summed E-state index contributed by atoms with van der Waals surface area (Å²) in [6.07, 6.45) is 1.50. The van der Waals surface area contributed by atoms with Crippen LogP contribution in [0.4, 0.5) is 4.39 Å². The van der Waals surface area contributed by atoms with Crippen LogP contribution in [0.2, 0.25) is 0 Å². The average molecular weight is 231 g/mol. The molecule has 0 atom stereocenters. The van der Waals surface area contributed by atoms with Gasteiger partial charge in [-0.2, -0.15) is 5.26 Å². The summed E-state index contributed by atoms with van der Waals surface area (Å²) < 4.78 is 18.1. The van der Waals surface area contributed by atoms with Gasteiger partial charge in [-0.25, -0.2) is 4.39 Å². The fourth-order valence-electron chi connectivity index (χ4n) is 1.76. The van der Waals surface area contributed by atoms with Crippen molar-refractivity contribution < 1.29 is 14.2 Å². The SMILES string of the molecule is CCO/C(O)=C1/C=C(C#N)c2ccc(F)cc21. The van der Waals surface area contributed by atoms with Crippen LogP contribution in [-0.4, -0.2) is 11.7 Å². The van der Waals surface area contributed by atoms with Gasteiger partial charge in [-0.3, -0.25) is 0 Å². The zero-order valence-corrected chi connectivity index (χ0v) is 9.20. The van der Waals surface area contributed by atoms with Crippen LogP contribution in [0.5, 0.6) is 0 Å². The number of ether oxygens (including phenoxy) is 1. The van der Waals surface area contributed by atoms with Crippen molar-refractivity contribution in [3.8, 4) is 6.07 Å². The van der Waals surface area contributed by atoms with Crippen molar-refractivity contribution in [1.82, 2.24) is 0 Å². The Morgan fingerprint density at radius 1 is 1.47 bits per heavy atom. The monoisotopic (exact) mass is 231 g/mol. The van der Waals surface area contributed by atoms with Gasteiger partial charge in [-0.15, -0.1) is 0 Å². The molecular weight excluding hydrogens is 221 g/mol. The summed E-state index contributed by atoms with van der Waals surface area (Å²) in [4.78, 5) is 0. The van der Waals surface area contributed by atoms with E-state index in [1.54, 1.807) is 6.92 Å². The molecule has 0 aromatic heterocycles. The van der Waals surface area contributed by atoms with Crippen molar-refractivity contribution in [3.05, 3.63) is 47.2 Å². The third kappa shape index (κ3) is 1.87. The number of rotatable bonds is 2. The van der Waals surface area contributed by atoms with Crippen LogP contribution in [-0.2, 0) is 4.74 Å². The first-order chi connectivity index (χ1) is 8.17. The zero-order valence-electron chi connectivity index (χ0n) is 9.20. The molecule has 0 spiro atoms. The molecular formula is C13H10FNO2. The summed E-state index contributed by atoms with van der Waals surface area (Å²) in [6, 6.07) is 6.09. The van der Waals surface area contributed by atoms with E-state index in [0.29, 0.717) is 28.9 Å². The lowest BCUT2D eigenvalue weighted by Crippen LogP contribution is -1.94. The van der Waals surface area contributed by atoms with Gasteiger partial charge in [0.1, 0.15) is 5.82 Å². The van der Waals surface area contributed by atoms with E-state index in [0.717, 1.165) is 0 Å². The van der Waals surface area contributed by atoms with Crippen LogP contribution >= 0.6 is 0 Å². The summed E-state index contributed by atoms with van der Waals surface area (Å²) in [7, 11) is 0. The lowest BCUT2D eigenvalue weighted by Gasteiger charge is -2.05. The molecule has 1 aliphatic carbocycles. The Balaban J connectivity index is 2.61. The van der Waals surface area contributed by atoms with Crippen LogP contribution < -0.4 is 0 Å². The van der Waals surface area contributed by atoms with E-state index in [4.69, 9.17) is 10.00 Å². The van der Waals surface area contributed by atoms with Crippen LogP contribution in [0.25, 0.3) is 11.1 Å². The number of allylic oxidation sites excluding steroid dienone is 3. The molecule has 4 heteroatoms. The second kappa shape index (κ2) is 4.30. The van der Waals surface area contributed by atoms with Gasteiger partial charge in [-0.05, 0) is 25.1 Å². The minimum Gasteiger partial charge on any atom is -0.481 e. The molecule has 1 aliphatic rings. The van der Waals surface area contributed by atoms with E-state index >= 15 is 0 Å². The number of aliphatic hydroxyl groups is 1.